The number of carbonyl (C=O) groups excluding carboxylic acids is 1. The highest BCUT2D eigenvalue weighted by atomic mass is 16.5. The van der Waals surface area contributed by atoms with Gasteiger partial charge in [0.05, 0.1) is 5.69 Å². The van der Waals surface area contributed by atoms with Gasteiger partial charge in [-0.3, -0.25) is 10.1 Å². The zero-order valence-corrected chi connectivity index (χ0v) is 10.4. The highest BCUT2D eigenvalue weighted by Crippen LogP contribution is 2.32. The fraction of sp³-hybridized carbons (Fsp3) is 0.667. The number of fused-ring (bicyclic) bond motifs is 1. The van der Waals surface area contributed by atoms with Gasteiger partial charge in [-0.05, 0) is 32.6 Å². The van der Waals surface area contributed by atoms with Crippen LogP contribution in [0.25, 0.3) is 0 Å². The number of rotatable bonds is 4. The summed E-state index contributed by atoms with van der Waals surface area (Å²) >= 11 is 0. The summed E-state index contributed by atoms with van der Waals surface area (Å²) in [4.78, 5) is 11.8. The molecule has 6 heteroatoms. The molecule has 0 unspecified atom stereocenters. The molecule has 0 fully saturated rings. The third kappa shape index (κ3) is 2.27. The van der Waals surface area contributed by atoms with E-state index < -0.39 is 0 Å². The summed E-state index contributed by atoms with van der Waals surface area (Å²) in [5, 5.41) is 14.6. The minimum Gasteiger partial charge on any atom is -0.338 e. The van der Waals surface area contributed by atoms with Crippen molar-refractivity contribution in [2.24, 2.45) is 10.2 Å². The molecule has 18 heavy (non-hydrogen) atoms. The SMILES string of the molecule is CC1(CCC(=O)Nc2onc3c2CCCC3)N=N1. The Balaban J connectivity index is 1.58. The lowest BCUT2D eigenvalue weighted by molar-refractivity contribution is -0.116. The van der Waals surface area contributed by atoms with E-state index in [1.165, 1.54) is 0 Å². The van der Waals surface area contributed by atoms with Gasteiger partial charge in [0.2, 0.25) is 11.8 Å². The maximum Gasteiger partial charge on any atom is 0.234 e. The molecule has 0 spiro atoms. The molecule has 3 rings (SSSR count). The van der Waals surface area contributed by atoms with Gasteiger partial charge in [-0.1, -0.05) is 5.16 Å². The Morgan fingerprint density at radius 2 is 2.17 bits per heavy atom. The second kappa shape index (κ2) is 4.19. The summed E-state index contributed by atoms with van der Waals surface area (Å²) in [6, 6.07) is 0. The first-order valence-electron chi connectivity index (χ1n) is 6.38. The van der Waals surface area contributed by atoms with Gasteiger partial charge in [0.15, 0.2) is 5.66 Å². The van der Waals surface area contributed by atoms with Crippen molar-refractivity contribution < 1.29 is 9.32 Å². The third-order valence-corrected chi connectivity index (χ3v) is 3.48. The molecule has 0 saturated heterocycles. The maximum atomic E-state index is 11.8. The van der Waals surface area contributed by atoms with Crippen LogP contribution in [0.1, 0.15) is 43.9 Å². The normalized spacial score (nSPS) is 19.4. The number of hydrogen-bond donors (Lipinski definition) is 1. The first-order chi connectivity index (χ1) is 8.66. The molecule has 0 saturated carbocycles. The quantitative estimate of drug-likeness (QED) is 0.888. The Kier molecular flexibility index (Phi) is 2.65. The summed E-state index contributed by atoms with van der Waals surface area (Å²) < 4.78 is 5.21. The number of carbonyl (C=O) groups is 1. The molecule has 1 amide bonds. The van der Waals surface area contributed by atoms with Gasteiger partial charge in [-0.15, -0.1) is 0 Å². The predicted molar refractivity (Wildman–Crippen MR) is 64.3 cm³/mol. The van der Waals surface area contributed by atoms with Crippen LogP contribution < -0.4 is 5.32 Å². The molecule has 1 N–H and O–H groups in total. The van der Waals surface area contributed by atoms with Crippen LogP contribution in [0.2, 0.25) is 0 Å². The standard InChI is InChI=1S/C12H16N4O2/c1-12(15-16-12)7-6-10(17)13-11-8-4-2-3-5-9(8)14-18-11/h2-7H2,1H3,(H,13,17). The number of anilines is 1. The van der Waals surface area contributed by atoms with Crippen LogP contribution in [-0.4, -0.2) is 16.7 Å². The predicted octanol–water partition coefficient (Wildman–Crippen LogP) is 2.45. The fourth-order valence-electron chi connectivity index (χ4n) is 2.21. The van der Waals surface area contributed by atoms with Crippen LogP contribution in [-0.2, 0) is 17.6 Å². The maximum absolute atomic E-state index is 11.8. The van der Waals surface area contributed by atoms with Crippen molar-refractivity contribution in [3.63, 3.8) is 0 Å². The van der Waals surface area contributed by atoms with Gasteiger partial charge < -0.3 is 4.52 Å². The molecule has 0 aromatic carbocycles. The minimum absolute atomic E-state index is 0.0574. The van der Waals surface area contributed by atoms with Gasteiger partial charge in [0, 0.05) is 18.4 Å². The van der Waals surface area contributed by atoms with Crippen molar-refractivity contribution >= 4 is 11.8 Å². The third-order valence-electron chi connectivity index (χ3n) is 3.48. The van der Waals surface area contributed by atoms with Gasteiger partial charge in [0.1, 0.15) is 0 Å². The largest absolute Gasteiger partial charge is 0.338 e. The molecule has 1 aromatic rings. The van der Waals surface area contributed by atoms with Crippen LogP contribution in [0.3, 0.4) is 0 Å². The molecule has 96 valence electrons. The average Bonchev–Trinajstić information content (AvgIpc) is 2.98. The molecule has 0 bridgehead atoms. The molecule has 0 atom stereocenters. The summed E-state index contributed by atoms with van der Waals surface area (Å²) in [6.45, 7) is 1.91. The van der Waals surface area contributed by atoms with E-state index in [0.29, 0.717) is 18.7 Å². The van der Waals surface area contributed by atoms with E-state index in [1.54, 1.807) is 0 Å². The summed E-state index contributed by atoms with van der Waals surface area (Å²) in [5.41, 5.74) is 1.75. The molecular formula is C12H16N4O2. The second-order valence-electron chi connectivity index (χ2n) is 5.11. The fourth-order valence-corrected chi connectivity index (χ4v) is 2.21. The first-order valence-corrected chi connectivity index (χ1v) is 6.38. The number of amides is 1. The molecular weight excluding hydrogens is 232 g/mol. The summed E-state index contributed by atoms with van der Waals surface area (Å²) in [7, 11) is 0. The zero-order chi connectivity index (χ0) is 12.6. The Bertz CT molecular complexity index is 500. The van der Waals surface area contributed by atoms with Crippen LogP contribution in [0.5, 0.6) is 0 Å². The van der Waals surface area contributed by atoms with E-state index in [2.05, 4.69) is 20.7 Å². The highest BCUT2D eigenvalue weighted by molar-refractivity contribution is 5.90. The van der Waals surface area contributed by atoms with E-state index in [4.69, 9.17) is 4.52 Å². The van der Waals surface area contributed by atoms with Crippen LogP contribution >= 0.6 is 0 Å². The van der Waals surface area contributed by atoms with Crippen molar-refractivity contribution in [1.82, 2.24) is 5.16 Å². The molecule has 1 aliphatic heterocycles. The van der Waals surface area contributed by atoms with Gasteiger partial charge in [0.25, 0.3) is 0 Å². The van der Waals surface area contributed by atoms with E-state index in [9.17, 15) is 4.79 Å². The number of nitrogens with one attached hydrogen (secondary N) is 1. The number of nitrogens with zero attached hydrogens (tertiary/aromatic N) is 3. The van der Waals surface area contributed by atoms with E-state index in [0.717, 1.165) is 36.9 Å². The first kappa shape index (κ1) is 11.4. The Labute approximate surface area is 105 Å². The molecule has 1 aliphatic carbocycles. The van der Waals surface area contributed by atoms with Gasteiger partial charge in [-0.2, -0.15) is 10.2 Å². The zero-order valence-electron chi connectivity index (χ0n) is 10.4. The molecule has 1 aromatic heterocycles. The van der Waals surface area contributed by atoms with Crippen molar-refractivity contribution in [1.29, 1.82) is 0 Å². The smallest absolute Gasteiger partial charge is 0.234 e. The van der Waals surface area contributed by atoms with E-state index in [1.807, 2.05) is 6.92 Å². The van der Waals surface area contributed by atoms with Crippen LogP contribution in [0, 0.1) is 0 Å². The lowest BCUT2D eigenvalue weighted by Crippen LogP contribution is -2.16. The Morgan fingerprint density at radius 1 is 1.39 bits per heavy atom. The number of aryl methyl sites for hydroxylation is 1. The molecule has 0 radical (unpaired) electrons. The summed E-state index contributed by atoms with van der Waals surface area (Å²) in [5.74, 6) is 0.475. The van der Waals surface area contributed by atoms with Crippen LogP contribution in [0.15, 0.2) is 14.8 Å². The van der Waals surface area contributed by atoms with E-state index >= 15 is 0 Å². The highest BCUT2D eigenvalue weighted by Gasteiger charge is 2.34. The van der Waals surface area contributed by atoms with E-state index in [-0.39, 0.29) is 11.6 Å². The van der Waals surface area contributed by atoms with Crippen LogP contribution in [0.4, 0.5) is 5.88 Å². The van der Waals surface area contributed by atoms with Crippen molar-refractivity contribution in [2.75, 3.05) is 5.32 Å². The van der Waals surface area contributed by atoms with Gasteiger partial charge in [-0.25, -0.2) is 0 Å². The monoisotopic (exact) mass is 248 g/mol. The molecule has 2 aliphatic rings. The number of hydrogen-bond acceptors (Lipinski definition) is 5. The minimum atomic E-state index is -0.321. The molecule has 2 heterocycles. The topological polar surface area (TPSA) is 79.9 Å². The van der Waals surface area contributed by atoms with Crippen molar-refractivity contribution in [3.05, 3.63) is 11.3 Å². The Morgan fingerprint density at radius 3 is 2.94 bits per heavy atom. The lowest BCUT2D eigenvalue weighted by Gasteiger charge is -2.09. The van der Waals surface area contributed by atoms with Crippen molar-refractivity contribution in [3.8, 4) is 0 Å². The lowest BCUT2D eigenvalue weighted by atomic mass is 9.97. The number of aromatic nitrogens is 1. The van der Waals surface area contributed by atoms with Crippen molar-refractivity contribution in [2.45, 2.75) is 51.1 Å². The van der Waals surface area contributed by atoms with Gasteiger partial charge >= 0.3 is 0 Å². The Hall–Kier alpha value is -1.72. The summed E-state index contributed by atoms with van der Waals surface area (Å²) in [6.07, 6.45) is 5.22. The second-order valence-corrected chi connectivity index (χ2v) is 5.11. The molecule has 6 nitrogen and oxygen atoms in total. The average molecular weight is 248 g/mol.